The number of hydrogen-bond donors (Lipinski definition) is 0. The highest BCUT2D eigenvalue weighted by molar-refractivity contribution is 7.25. The standard InChI is InChI=1S/C39H25NOS/c1-41-27-17-15-24(16-18-27)30-19-25-20-39-35(29-12-6-8-14-38(29)42-39)21-31(25)33-23-37-34(22-32(30)33)28-11-5-7-13-36(28)40(37)26-9-3-2-4-10-26/h2-23H,1H3. The summed E-state index contributed by atoms with van der Waals surface area (Å²) in [5.41, 5.74) is 6.03. The van der Waals surface area contributed by atoms with Gasteiger partial charge in [0.25, 0.3) is 0 Å². The number of aromatic nitrogens is 1. The first-order valence-corrected chi connectivity index (χ1v) is 15.0. The van der Waals surface area contributed by atoms with Gasteiger partial charge in [-0.15, -0.1) is 11.3 Å². The Balaban J connectivity index is 1.48. The maximum absolute atomic E-state index is 5.49. The Morgan fingerprint density at radius 2 is 1.24 bits per heavy atom. The van der Waals surface area contributed by atoms with Gasteiger partial charge in [-0.1, -0.05) is 66.7 Å². The Morgan fingerprint density at radius 3 is 2.07 bits per heavy atom. The van der Waals surface area contributed by atoms with Crippen molar-refractivity contribution in [1.82, 2.24) is 4.57 Å². The van der Waals surface area contributed by atoms with Gasteiger partial charge in [-0.05, 0) is 99.4 Å². The number of methoxy groups -OCH3 is 1. The van der Waals surface area contributed by atoms with Crippen molar-refractivity contribution in [1.29, 1.82) is 0 Å². The van der Waals surface area contributed by atoms with E-state index in [1.807, 2.05) is 11.3 Å². The molecule has 0 bridgehead atoms. The molecule has 2 heterocycles. The Bertz CT molecular complexity index is 2480. The van der Waals surface area contributed by atoms with Crippen molar-refractivity contribution >= 4 is 74.9 Å². The monoisotopic (exact) mass is 555 g/mol. The van der Waals surface area contributed by atoms with Crippen LogP contribution in [0.4, 0.5) is 0 Å². The molecule has 7 aromatic carbocycles. The fourth-order valence-electron chi connectivity index (χ4n) is 6.70. The second-order valence-electron chi connectivity index (χ2n) is 10.9. The van der Waals surface area contributed by atoms with Gasteiger partial charge in [-0.3, -0.25) is 0 Å². The summed E-state index contributed by atoms with van der Waals surface area (Å²) in [6.45, 7) is 0. The van der Waals surface area contributed by atoms with Gasteiger partial charge < -0.3 is 9.30 Å². The van der Waals surface area contributed by atoms with E-state index in [1.54, 1.807) is 7.11 Å². The Morgan fingerprint density at radius 1 is 0.500 bits per heavy atom. The summed E-state index contributed by atoms with van der Waals surface area (Å²) in [5, 5.41) is 10.2. The molecule has 2 aromatic heterocycles. The number of fused-ring (bicyclic) bond motifs is 9. The summed E-state index contributed by atoms with van der Waals surface area (Å²) >= 11 is 1.87. The fourth-order valence-corrected chi connectivity index (χ4v) is 7.83. The van der Waals surface area contributed by atoms with Gasteiger partial charge >= 0.3 is 0 Å². The molecule has 3 heteroatoms. The molecule has 0 fully saturated rings. The SMILES string of the molecule is COc1ccc(-c2cc3cc4sc5ccccc5c4cc3c3cc4c(cc23)c2ccccc2n4-c2ccccc2)cc1. The molecule has 198 valence electrons. The minimum atomic E-state index is 0.865. The summed E-state index contributed by atoms with van der Waals surface area (Å²) in [7, 11) is 1.72. The number of ether oxygens (including phenoxy) is 1. The van der Waals surface area contributed by atoms with E-state index in [9.17, 15) is 0 Å². The highest BCUT2D eigenvalue weighted by atomic mass is 32.1. The third-order valence-corrected chi connectivity index (χ3v) is 9.79. The van der Waals surface area contributed by atoms with E-state index in [1.165, 1.54) is 80.3 Å². The van der Waals surface area contributed by atoms with E-state index in [0.717, 1.165) is 5.75 Å². The van der Waals surface area contributed by atoms with Crippen LogP contribution in [0, 0.1) is 0 Å². The minimum Gasteiger partial charge on any atom is -0.497 e. The number of rotatable bonds is 3. The number of nitrogens with zero attached hydrogens (tertiary/aromatic N) is 1. The van der Waals surface area contributed by atoms with Crippen LogP contribution in [0.15, 0.2) is 133 Å². The van der Waals surface area contributed by atoms with Crippen molar-refractivity contribution in [2.45, 2.75) is 0 Å². The van der Waals surface area contributed by atoms with Crippen molar-refractivity contribution in [3.63, 3.8) is 0 Å². The van der Waals surface area contributed by atoms with Gasteiger partial charge in [0.1, 0.15) is 5.75 Å². The van der Waals surface area contributed by atoms with E-state index >= 15 is 0 Å². The molecular weight excluding hydrogens is 531 g/mol. The summed E-state index contributed by atoms with van der Waals surface area (Å²) in [4.78, 5) is 0. The third-order valence-electron chi connectivity index (χ3n) is 8.66. The van der Waals surface area contributed by atoms with Crippen molar-refractivity contribution in [3.8, 4) is 22.6 Å². The highest BCUT2D eigenvalue weighted by Crippen LogP contribution is 2.44. The first kappa shape index (κ1) is 23.6. The molecule has 0 radical (unpaired) electrons. The number of hydrogen-bond acceptors (Lipinski definition) is 2. The normalized spacial score (nSPS) is 11.9. The van der Waals surface area contributed by atoms with E-state index in [0.29, 0.717) is 0 Å². The summed E-state index contributed by atoms with van der Waals surface area (Å²) in [5.74, 6) is 0.865. The lowest BCUT2D eigenvalue weighted by Crippen LogP contribution is -1.93. The molecule has 9 rings (SSSR count). The summed E-state index contributed by atoms with van der Waals surface area (Å²) < 4.78 is 10.6. The predicted octanol–water partition coefficient (Wildman–Crippen LogP) is 11.1. The first-order chi connectivity index (χ1) is 20.8. The topological polar surface area (TPSA) is 14.2 Å². The first-order valence-electron chi connectivity index (χ1n) is 14.2. The van der Waals surface area contributed by atoms with Gasteiger partial charge in [0.05, 0.1) is 18.1 Å². The minimum absolute atomic E-state index is 0.865. The van der Waals surface area contributed by atoms with Crippen molar-refractivity contribution in [2.75, 3.05) is 7.11 Å². The highest BCUT2D eigenvalue weighted by Gasteiger charge is 2.18. The number of thiophene rings is 1. The molecule has 0 aliphatic carbocycles. The van der Waals surface area contributed by atoms with E-state index in [-0.39, 0.29) is 0 Å². The molecule has 0 N–H and O–H groups in total. The third kappa shape index (κ3) is 3.38. The smallest absolute Gasteiger partial charge is 0.118 e. The molecule has 0 saturated heterocycles. The van der Waals surface area contributed by atoms with E-state index < -0.39 is 0 Å². The molecule has 0 saturated carbocycles. The van der Waals surface area contributed by atoms with Gasteiger partial charge in [-0.25, -0.2) is 0 Å². The zero-order valence-corrected chi connectivity index (χ0v) is 23.8. The molecule has 0 spiro atoms. The molecule has 0 aliphatic heterocycles. The van der Waals surface area contributed by atoms with Crippen LogP contribution in [-0.2, 0) is 0 Å². The Kier molecular flexibility index (Phi) is 5.02. The van der Waals surface area contributed by atoms with Crippen LogP contribution in [0.25, 0.3) is 80.3 Å². The fraction of sp³-hybridized carbons (Fsp3) is 0.0256. The molecule has 0 atom stereocenters. The van der Waals surface area contributed by atoms with Crippen LogP contribution in [0.5, 0.6) is 5.75 Å². The van der Waals surface area contributed by atoms with Crippen LogP contribution >= 0.6 is 11.3 Å². The van der Waals surface area contributed by atoms with Crippen molar-refractivity contribution in [3.05, 3.63) is 133 Å². The van der Waals surface area contributed by atoms with Crippen LogP contribution in [0.3, 0.4) is 0 Å². The Hall–Kier alpha value is -5.12. The maximum Gasteiger partial charge on any atom is 0.118 e. The largest absolute Gasteiger partial charge is 0.497 e. The van der Waals surface area contributed by atoms with Gasteiger partial charge in [0, 0.05) is 36.6 Å². The van der Waals surface area contributed by atoms with Crippen LogP contribution in [0.1, 0.15) is 0 Å². The molecule has 0 unspecified atom stereocenters. The summed E-state index contributed by atoms with van der Waals surface area (Å²) in [6.07, 6.45) is 0. The molecule has 0 amide bonds. The van der Waals surface area contributed by atoms with Crippen molar-refractivity contribution < 1.29 is 4.74 Å². The lowest BCUT2D eigenvalue weighted by Gasteiger charge is -2.14. The van der Waals surface area contributed by atoms with Crippen LogP contribution in [-0.4, -0.2) is 11.7 Å². The lowest BCUT2D eigenvalue weighted by atomic mass is 9.91. The van der Waals surface area contributed by atoms with Gasteiger partial charge in [-0.2, -0.15) is 0 Å². The second kappa shape index (κ2) is 8.94. The quantitative estimate of drug-likeness (QED) is 0.198. The van der Waals surface area contributed by atoms with E-state index in [4.69, 9.17) is 4.74 Å². The molecule has 0 aliphatic rings. The zero-order valence-electron chi connectivity index (χ0n) is 23.0. The van der Waals surface area contributed by atoms with Gasteiger partial charge in [0.15, 0.2) is 0 Å². The molecular formula is C39H25NOS. The zero-order chi connectivity index (χ0) is 27.8. The van der Waals surface area contributed by atoms with E-state index in [2.05, 4.69) is 138 Å². The average molecular weight is 556 g/mol. The van der Waals surface area contributed by atoms with Crippen LogP contribution < -0.4 is 4.74 Å². The predicted molar refractivity (Wildman–Crippen MR) is 181 cm³/mol. The van der Waals surface area contributed by atoms with Gasteiger partial charge in [0.2, 0.25) is 0 Å². The summed E-state index contributed by atoms with van der Waals surface area (Å²) in [6, 6.07) is 48.7. The van der Waals surface area contributed by atoms with Crippen molar-refractivity contribution in [2.24, 2.45) is 0 Å². The Labute approximate surface area is 246 Å². The average Bonchev–Trinajstić information content (AvgIpc) is 3.57. The number of para-hydroxylation sites is 2. The molecule has 2 nitrogen and oxygen atoms in total. The lowest BCUT2D eigenvalue weighted by molar-refractivity contribution is 0.415. The molecule has 42 heavy (non-hydrogen) atoms. The molecule has 9 aromatic rings. The maximum atomic E-state index is 5.49. The number of benzene rings is 7. The van der Waals surface area contributed by atoms with Crippen LogP contribution in [0.2, 0.25) is 0 Å². The second-order valence-corrected chi connectivity index (χ2v) is 12.0.